The van der Waals surface area contributed by atoms with Crippen molar-refractivity contribution in [2.45, 2.75) is 24.3 Å². The number of hydrogen-bond acceptors (Lipinski definition) is 4. The second-order valence-corrected chi connectivity index (χ2v) is 7.22. The largest absolute Gasteiger partial charge is 0.388 e. The zero-order valence-electron chi connectivity index (χ0n) is 11.1. The summed E-state index contributed by atoms with van der Waals surface area (Å²) in [5.74, 6) is -0.170. The van der Waals surface area contributed by atoms with Gasteiger partial charge in [-0.1, -0.05) is 6.07 Å². The molecular formula is C12H18FNO3S2. The molecule has 0 amide bonds. The van der Waals surface area contributed by atoms with Crippen molar-refractivity contribution in [2.24, 2.45) is 0 Å². The summed E-state index contributed by atoms with van der Waals surface area (Å²) in [5, 5.41) is 9.93. The van der Waals surface area contributed by atoms with Gasteiger partial charge in [-0.25, -0.2) is 17.5 Å². The van der Waals surface area contributed by atoms with Gasteiger partial charge in [0.1, 0.15) is 5.82 Å². The molecule has 0 bridgehead atoms. The number of sulfonamides is 1. The third-order valence-corrected chi connectivity index (χ3v) is 5.06. The van der Waals surface area contributed by atoms with Crippen molar-refractivity contribution in [3.63, 3.8) is 0 Å². The van der Waals surface area contributed by atoms with Crippen molar-refractivity contribution in [1.29, 1.82) is 0 Å². The average molecular weight is 307 g/mol. The lowest BCUT2D eigenvalue weighted by Gasteiger charge is -2.22. The maximum Gasteiger partial charge on any atom is 0.241 e. The molecule has 2 N–H and O–H groups in total. The van der Waals surface area contributed by atoms with Gasteiger partial charge in [0.2, 0.25) is 10.0 Å². The van der Waals surface area contributed by atoms with E-state index in [4.69, 9.17) is 0 Å². The number of aliphatic hydroxyl groups is 1. The Balaban J connectivity index is 2.91. The second-order valence-electron chi connectivity index (χ2n) is 4.62. The predicted molar refractivity (Wildman–Crippen MR) is 75.3 cm³/mol. The molecule has 0 fully saturated rings. The highest BCUT2D eigenvalue weighted by molar-refractivity contribution is 7.98. The molecule has 7 heteroatoms. The monoisotopic (exact) mass is 307 g/mol. The Labute approximate surface area is 117 Å². The van der Waals surface area contributed by atoms with Crippen LogP contribution >= 0.6 is 11.8 Å². The first-order valence-electron chi connectivity index (χ1n) is 5.66. The van der Waals surface area contributed by atoms with Crippen molar-refractivity contribution in [3.05, 3.63) is 29.6 Å². The number of hydrogen-bond donors (Lipinski definition) is 2. The van der Waals surface area contributed by atoms with Crippen LogP contribution < -0.4 is 4.72 Å². The van der Waals surface area contributed by atoms with Gasteiger partial charge in [-0.2, -0.15) is 11.8 Å². The van der Waals surface area contributed by atoms with Crippen molar-refractivity contribution < 1.29 is 17.9 Å². The molecule has 0 aliphatic rings. The molecule has 0 aliphatic carbocycles. The first-order valence-corrected chi connectivity index (χ1v) is 8.53. The molecule has 1 atom stereocenters. The minimum atomic E-state index is -3.82. The molecule has 0 heterocycles. The van der Waals surface area contributed by atoms with Crippen LogP contribution in [0.15, 0.2) is 23.1 Å². The molecule has 0 spiro atoms. The van der Waals surface area contributed by atoms with E-state index < -0.39 is 21.4 Å². The summed E-state index contributed by atoms with van der Waals surface area (Å²) >= 11 is 1.42. The highest BCUT2D eigenvalue weighted by Crippen LogP contribution is 2.18. The van der Waals surface area contributed by atoms with Crippen molar-refractivity contribution in [3.8, 4) is 0 Å². The molecule has 0 saturated heterocycles. The topological polar surface area (TPSA) is 66.4 Å². The molecule has 108 valence electrons. The minimum Gasteiger partial charge on any atom is -0.388 e. The Morgan fingerprint density at radius 1 is 1.47 bits per heavy atom. The number of benzene rings is 1. The molecule has 0 unspecified atom stereocenters. The normalized spacial score (nSPS) is 15.2. The molecule has 1 aromatic carbocycles. The molecule has 4 nitrogen and oxygen atoms in total. The fourth-order valence-corrected chi connectivity index (χ4v) is 3.71. The van der Waals surface area contributed by atoms with Gasteiger partial charge in [0.15, 0.2) is 0 Å². The van der Waals surface area contributed by atoms with E-state index >= 15 is 0 Å². The zero-order chi connectivity index (χ0) is 14.7. The van der Waals surface area contributed by atoms with Crippen molar-refractivity contribution >= 4 is 21.8 Å². The lowest BCUT2D eigenvalue weighted by molar-refractivity contribution is 0.0908. The standard InChI is InChI=1S/C12H18FNO3S2/c1-9-10(13)5-4-6-11(9)19(16,17)14-7-12(2,15)8-18-3/h4-6,14-15H,7-8H2,1-3H3/t12-/m1/s1. The molecule has 0 aromatic heterocycles. The Morgan fingerprint density at radius 3 is 2.68 bits per heavy atom. The van der Waals surface area contributed by atoms with Crippen molar-refractivity contribution in [1.82, 2.24) is 4.72 Å². The highest BCUT2D eigenvalue weighted by atomic mass is 32.2. The molecule has 0 aliphatic heterocycles. The van der Waals surface area contributed by atoms with E-state index in [1.54, 1.807) is 6.92 Å². The van der Waals surface area contributed by atoms with Gasteiger partial charge in [0.05, 0.1) is 10.5 Å². The molecule has 0 radical (unpaired) electrons. The molecular weight excluding hydrogens is 289 g/mol. The van der Waals surface area contributed by atoms with Crippen LogP contribution in [0.3, 0.4) is 0 Å². The molecule has 19 heavy (non-hydrogen) atoms. The summed E-state index contributed by atoms with van der Waals surface area (Å²) in [4.78, 5) is -0.104. The van der Waals surface area contributed by atoms with Gasteiger partial charge in [0, 0.05) is 17.9 Å². The quantitative estimate of drug-likeness (QED) is 0.836. The average Bonchev–Trinajstić information content (AvgIpc) is 2.30. The lowest BCUT2D eigenvalue weighted by atomic mass is 10.1. The fraction of sp³-hybridized carbons (Fsp3) is 0.500. The smallest absolute Gasteiger partial charge is 0.241 e. The van der Waals surface area contributed by atoms with Crippen LogP contribution in [0.1, 0.15) is 12.5 Å². The summed E-state index contributed by atoms with van der Waals surface area (Å²) in [6.07, 6.45) is 1.82. The Morgan fingerprint density at radius 2 is 2.11 bits per heavy atom. The van der Waals surface area contributed by atoms with Gasteiger partial charge < -0.3 is 5.11 Å². The zero-order valence-corrected chi connectivity index (χ0v) is 12.7. The maximum absolute atomic E-state index is 13.4. The molecule has 1 aromatic rings. The van der Waals surface area contributed by atoms with E-state index in [0.29, 0.717) is 5.75 Å². The third kappa shape index (κ3) is 4.45. The predicted octanol–water partition coefficient (Wildman–Crippen LogP) is 1.53. The highest BCUT2D eigenvalue weighted by Gasteiger charge is 2.25. The SMILES string of the molecule is CSC[C@](C)(O)CNS(=O)(=O)c1cccc(F)c1C. The summed E-state index contributed by atoms with van der Waals surface area (Å²) in [5.41, 5.74) is -1.08. The van der Waals surface area contributed by atoms with Gasteiger partial charge in [-0.15, -0.1) is 0 Å². The summed E-state index contributed by atoms with van der Waals surface area (Å²) in [6.45, 7) is 2.83. The summed E-state index contributed by atoms with van der Waals surface area (Å²) in [7, 11) is -3.82. The maximum atomic E-state index is 13.4. The van der Waals surface area contributed by atoms with E-state index in [2.05, 4.69) is 4.72 Å². The van der Waals surface area contributed by atoms with Crippen LogP contribution in [0.2, 0.25) is 0 Å². The van der Waals surface area contributed by atoms with E-state index in [9.17, 15) is 17.9 Å². The van der Waals surface area contributed by atoms with Crippen LogP contribution in [-0.2, 0) is 10.0 Å². The lowest BCUT2D eigenvalue weighted by Crippen LogP contribution is -2.42. The van der Waals surface area contributed by atoms with E-state index in [1.807, 2.05) is 6.26 Å². The Kier molecular flexibility index (Phi) is 5.37. The fourth-order valence-electron chi connectivity index (χ4n) is 1.57. The first kappa shape index (κ1) is 16.4. The van der Waals surface area contributed by atoms with Gasteiger partial charge in [-0.3, -0.25) is 0 Å². The van der Waals surface area contributed by atoms with E-state index in [-0.39, 0.29) is 17.0 Å². The van der Waals surface area contributed by atoms with Crippen LogP contribution in [0.25, 0.3) is 0 Å². The van der Waals surface area contributed by atoms with Crippen LogP contribution in [0.5, 0.6) is 0 Å². The number of thioether (sulfide) groups is 1. The number of halogens is 1. The van der Waals surface area contributed by atoms with Crippen molar-refractivity contribution in [2.75, 3.05) is 18.6 Å². The van der Waals surface area contributed by atoms with Crippen LogP contribution in [-0.4, -0.2) is 37.7 Å². The first-order chi connectivity index (χ1) is 8.69. The molecule has 0 saturated carbocycles. The Bertz CT molecular complexity index is 544. The molecule has 1 rings (SSSR count). The van der Waals surface area contributed by atoms with E-state index in [1.165, 1.54) is 36.9 Å². The summed E-state index contributed by atoms with van der Waals surface area (Å²) in [6, 6.07) is 3.89. The van der Waals surface area contributed by atoms with Gasteiger partial charge in [-0.05, 0) is 32.2 Å². The number of nitrogens with one attached hydrogen (secondary N) is 1. The summed E-state index contributed by atoms with van der Waals surface area (Å²) < 4.78 is 39.8. The van der Waals surface area contributed by atoms with Gasteiger partial charge in [0.25, 0.3) is 0 Å². The third-order valence-electron chi connectivity index (χ3n) is 2.61. The number of rotatable bonds is 6. The second kappa shape index (κ2) is 6.21. The van der Waals surface area contributed by atoms with Crippen LogP contribution in [0.4, 0.5) is 4.39 Å². The van der Waals surface area contributed by atoms with Gasteiger partial charge >= 0.3 is 0 Å². The van der Waals surface area contributed by atoms with Crippen LogP contribution in [0, 0.1) is 12.7 Å². The minimum absolute atomic E-state index is 0.0690. The van der Waals surface area contributed by atoms with E-state index in [0.717, 1.165) is 0 Å². The Hall–Kier alpha value is -0.630.